The van der Waals surface area contributed by atoms with Crippen molar-refractivity contribution in [1.29, 1.82) is 26.3 Å². The van der Waals surface area contributed by atoms with Gasteiger partial charge in [0.25, 0.3) is 0 Å². The standard InChI is InChI=1S/C11H6N2O.6C10H7NO.7C2H6/c1-7-4-8-2-3-14-11(8)10(6-13)9(7)5-12;1-7-5-9(11-2)8-3-4-12-10(8)6-7;1-7-3-4-9-8(5-6-12-9)10(7)11-2;1-7-3-4-9(11-2)8-5-6-12-10(7)8;1-7-4-8-2-3-12-10(8)5-9(7)6-11;1-7-4-8-2-3-12-10(8)9(5-7)6-11;1-7-2-3-8-4-5-12-10(8)9(7)6-11;7*1-2/h2-4H,1H3;3*3-6H,1H3;3*2-5H,1H3;7*1-2H3. The molecule has 0 bridgehead atoms. The second kappa shape index (κ2) is 46.4. The number of hydrogen-bond acceptors (Lipinski definition) is 12. The second-order valence-corrected chi connectivity index (χ2v) is 19.3. The Hall–Kier alpha value is -12.8. The van der Waals surface area contributed by atoms with Gasteiger partial charge in [-0.2, -0.15) is 26.3 Å². The van der Waals surface area contributed by atoms with Crippen molar-refractivity contribution in [3.63, 3.8) is 0 Å². The summed E-state index contributed by atoms with van der Waals surface area (Å²) in [6.07, 6.45) is 11.2. The first-order chi connectivity index (χ1) is 48.7. The predicted octanol–water partition coefficient (Wildman–Crippen LogP) is 27.4. The summed E-state index contributed by atoms with van der Waals surface area (Å²) in [6, 6.07) is 47.8. The van der Waals surface area contributed by atoms with Crippen molar-refractivity contribution in [2.45, 2.75) is 145 Å². The Bertz CT molecular complexity index is 4990. The van der Waals surface area contributed by atoms with Crippen LogP contribution in [0.2, 0.25) is 0 Å². The van der Waals surface area contributed by atoms with Gasteiger partial charge in [0.2, 0.25) is 5.69 Å². The van der Waals surface area contributed by atoms with Gasteiger partial charge in [-0.25, -0.2) is 14.5 Å². The molecule has 0 aliphatic carbocycles. The van der Waals surface area contributed by atoms with Gasteiger partial charge in [0.1, 0.15) is 52.2 Å². The molecule has 15 nitrogen and oxygen atoms in total. The summed E-state index contributed by atoms with van der Waals surface area (Å²) in [5.74, 6) is 0. The summed E-state index contributed by atoms with van der Waals surface area (Å²) >= 11 is 0. The largest absolute Gasteiger partial charge is 0.466 e. The molecule has 0 saturated carbocycles. The van der Waals surface area contributed by atoms with Crippen molar-refractivity contribution in [2.75, 3.05) is 0 Å². The number of nitrogens with zero attached hydrogens (tertiary/aromatic N) is 8. The SMILES string of the molecule is CC.CC.CC.CC.CC.CC.CC.Cc1cc(C#N)c2occc2c1.Cc1cc2ccoc2c(C#N)c1C#N.Cc1cc2ccoc2cc1C#N.Cc1ccc2ccoc2c1C#N.[C-]#[N+]c1c(C)ccc2occc12.[C-]#[N+]c1cc(C)cc2occc12.[C-]#[N+]c1ccc(C)c2occc12. The summed E-state index contributed by atoms with van der Waals surface area (Å²) in [5.41, 5.74) is 16.7. The third-order valence-corrected chi connectivity index (χ3v) is 13.5. The molecule has 0 aliphatic heterocycles. The van der Waals surface area contributed by atoms with E-state index in [-0.39, 0.29) is 0 Å². The van der Waals surface area contributed by atoms with Gasteiger partial charge >= 0.3 is 0 Å². The van der Waals surface area contributed by atoms with Gasteiger partial charge in [-0.1, -0.05) is 139 Å². The van der Waals surface area contributed by atoms with Crippen molar-refractivity contribution in [3.8, 4) is 30.3 Å². The fourth-order valence-electron chi connectivity index (χ4n) is 9.18. The van der Waals surface area contributed by atoms with Crippen LogP contribution in [0.1, 0.15) is 164 Å². The van der Waals surface area contributed by atoms with E-state index in [4.69, 9.17) is 76.9 Å². The first kappa shape index (κ1) is 85.3. The zero-order valence-corrected chi connectivity index (χ0v) is 61.5. The highest BCUT2D eigenvalue weighted by molar-refractivity contribution is 5.94. The second-order valence-electron chi connectivity index (χ2n) is 19.3. The molecule has 0 aliphatic rings. The summed E-state index contributed by atoms with van der Waals surface area (Å²) < 4.78 is 36.3. The number of furan rings is 7. The number of rotatable bonds is 0. The average molecular weight is 1340 g/mol. The summed E-state index contributed by atoms with van der Waals surface area (Å²) in [4.78, 5) is 10.3. The van der Waals surface area contributed by atoms with Crippen molar-refractivity contribution >= 4 is 93.8 Å². The first-order valence-electron chi connectivity index (χ1n) is 33.2. The Kier molecular flexibility index (Phi) is 39.5. The van der Waals surface area contributed by atoms with Crippen LogP contribution in [0.5, 0.6) is 0 Å². The lowest BCUT2D eigenvalue weighted by Gasteiger charge is -1.99. The van der Waals surface area contributed by atoms with E-state index >= 15 is 0 Å². The molecule has 15 heteroatoms. The fraction of sp³-hybridized carbons (Fsp3) is 0.247. The molecule has 100 heavy (non-hydrogen) atoms. The zero-order valence-electron chi connectivity index (χ0n) is 61.5. The highest BCUT2D eigenvalue weighted by Crippen LogP contribution is 2.33. The lowest BCUT2D eigenvalue weighted by molar-refractivity contribution is 0.613. The Balaban J connectivity index is 0.000000566. The van der Waals surface area contributed by atoms with Gasteiger partial charge in [-0.05, 0) is 167 Å². The minimum absolute atomic E-state index is 0.326. The van der Waals surface area contributed by atoms with Crippen LogP contribution in [0.3, 0.4) is 0 Å². The van der Waals surface area contributed by atoms with Crippen LogP contribution < -0.4 is 0 Å². The molecule has 0 fully saturated rings. The Morgan fingerprint density at radius 3 is 1.31 bits per heavy atom. The maximum Gasteiger partial charge on any atom is 0.200 e. The molecule has 7 aromatic carbocycles. The molecule has 0 spiro atoms. The van der Waals surface area contributed by atoms with Gasteiger partial charge < -0.3 is 30.9 Å². The number of benzene rings is 7. The molecule has 7 aromatic heterocycles. The van der Waals surface area contributed by atoms with E-state index in [2.05, 4.69) is 32.7 Å². The third kappa shape index (κ3) is 22.4. The topological polar surface area (TPSA) is 224 Å². The zero-order chi connectivity index (χ0) is 75.4. The number of fused-ring (bicyclic) bond motifs is 7. The van der Waals surface area contributed by atoms with E-state index in [1.165, 1.54) is 6.26 Å². The molecular formula is C85H90N8O7. The van der Waals surface area contributed by atoms with E-state index < -0.39 is 0 Å². The molecule has 0 N–H and O–H groups in total. The lowest BCUT2D eigenvalue weighted by Crippen LogP contribution is -1.88. The Morgan fingerprint density at radius 1 is 0.280 bits per heavy atom. The molecular weight excluding hydrogens is 1240 g/mol. The molecule has 512 valence electrons. The number of hydrogen-bond donors (Lipinski definition) is 0. The van der Waals surface area contributed by atoms with E-state index in [9.17, 15) is 0 Å². The molecule has 0 radical (unpaired) electrons. The van der Waals surface area contributed by atoms with Crippen LogP contribution in [0.25, 0.3) is 91.3 Å². The van der Waals surface area contributed by atoms with Gasteiger partial charge in [-0.15, -0.1) is 0 Å². The minimum atomic E-state index is 0.326. The highest BCUT2D eigenvalue weighted by Gasteiger charge is 2.14. The van der Waals surface area contributed by atoms with Gasteiger partial charge in [0, 0.05) is 37.7 Å². The maximum atomic E-state index is 8.93. The fourth-order valence-corrected chi connectivity index (χ4v) is 9.18. The first-order valence-corrected chi connectivity index (χ1v) is 33.2. The molecule has 14 rings (SSSR count). The van der Waals surface area contributed by atoms with Crippen LogP contribution in [0.4, 0.5) is 17.1 Å². The van der Waals surface area contributed by atoms with Gasteiger partial charge in [0.15, 0.2) is 28.1 Å². The quantitative estimate of drug-likeness (QED) is 0.129. The molecule has 0 unspecified atom stereocenters. The van der Waals surface area contributed by atoms with Crippen LogP contribution in [-0.2, 0) is 0 Å². The highest BCUT2D eigenvalue weighted by atomic mass is 16.3. The minimum Gasteiger partial charge on any atom is -0.466 e. The Labute approximate surface area is 590 Å². The lowest BCUT2D eigenvalue weighted by atomic mass is 10.0. The summed E-state index contributed by atoms with van der Waals surface area (Å²) in [5, 5.41) is 50.7. The average Bonchev–Trinajstić information content (AvgIpc) is 1.53. The van der Waals surface area contributed by atoms with E-state index in [1.54, 1.807) is 49.7 Å². The van der Waals surface area contributed by atoms with Crippen LogP contribution in [-0.4, -0.2) is 0 Å². The monoisotopic (exact) mass is 1330 g/mol. The Morgan fingerprint density at radius 2 is 0.730 bits per heavy atom. The molecule has 0 amide bonds. The van der Waals surface area contributed by atoms with Gasteiger partial charge in [-0.3, -0.25) is 0 Å². The summed E-state index contributed by atoms with van der Waals surface area (Å²) in [6.45, 7) is 62.3. The molecule has 7 heterocycles. The number of nitriles is 5. The van der Waals surface area contributed by atoms with Gasteiger partial charge in [0.05, 0.1) is 91.9 Å². The normalized spacial score (nSPS) is 8.97. The third-order valence-electron chi connectivity index (χ3n) is 13.5. The van der Waals surface area contributed by atoms with Crippen molar-refractivity contribution in [3.05, 3.63) is 266 Å². The predicted molar refractivity (Wildman–Crippen MR) is 408 cm³/mol. The van der Waals surface area contributed by atoms with E-state index in [1.807, 2.05) is 267 Å². The molecule has 0 saturated heterocycles. The maximum absolute atomic E-state index is 8.93. The number of aryl methyl sites for hydroxylation is 7. The summed E-state index contributed by atoms with van der Waals surface area (Å²) in [7, 11) is 0. The molecule has 0 atom stereocenters. The van der Waals surface area contributed by atoms with Crippen LogP contribution >= 0.6 is 0 Å². The van der Waals surface area contributed by atoms with Crippen LogP contribution in [0.15, 0.2) is 196 Å². The van der Waals surface area contributed by atoms with Crippen LogP contribution in [0, 0.1) is 125 Å². The van der Waals surface area contributed by atoms with E-state index in [0.717, 1.165) is 99.0 Å². The smallest absolute Gasteiger partial charge is 0.200 e. The van der Waals surface area contributed by atoms with Crippen molar-refractivity contribution in [1.82, 2.24) is 0 Å². The molecule has 14 aromatic rings. The van der Waals surface area contributed by atoms with Crippen molar-refractivity contribution < 1.29 is 30.9 Å². The van der Waals surface area contributed by atoms with Crippen molar-refractivity contribution in [2.24, 2.45) is 0 Å². The van der Waals surface area contributed by atoms with E-state index in [0.29, 0.717) is 61.6 Å².